The molecular weight excluding hydrogens is 407 g/mol. The Hall–Kier alpha value is -2.71. The molecule has 0 aliphatic carbocycles. The first-order chi connectivity index (χ1) is 13.3. The fourth-order valence-electron chi connectivity index (χ4n) is 2.65. The summed E-state index contributed by atoms with van der Waals surface area (Å²) in [7, 11) is 0. The molecule has 0 bridgehead atoms. The molecule has 0 radical (unpaired) electrons. The highest BCUT2D eigenvalue weighted by Crippen LogP contribution is 2.34. The lowest BCUT2D eigenvalue weighted by atomic mass is 10.0. The number of nitrogens with zero attached hydrogens (tertiary/aromatic N) is 1. The summed E-state index contributed by atoms with van der Waals surface area (Å²) in [6.07, 6.45) is 0. The van der Waals surface area contributed by atoms with E-state index in [1.807, 2.05) is 0 Å². The van der Waals surface area contributed by atoms with Gasteiger partial charge in [-0.05, 0) is 44.5 Å². The summed E-state index contributed by atoms with van der Waals surface area (Å²) in [4.78, 5) is 25.2. The number of ether oxygens (including phenoxy) is 1. The second-order valence-electron chi connectivity index (χ2n) is 5.86. The highest BCUT2D eigenvalue weighted by molar-refractivity contribution is 7.18. The van der Waals surface area contributed by atoms with Crippen LogP contribution in [0.2, 0.25) is 5.02 Å². The molecule has 0 aliphatic rings. The van der Waals surface area contributed by atoms with Crippen molar-refractivity contribution in [3.05, 3.63) is 56.9 Å². The average molecular weight is 423 g/mol. The zero-order valence-corrected chi connectivity index (χ0v) is 16.8. The third-order valence-corrected chi connectivity index (χ3v) is 5.35. The van der Waals surface area contributed by atoms with Gasteiger partial charge in [0.15, 0.2) is 0 Å². The minimum Gasteiger partial charge on any atom is -0.462 e. The Labute approximate surface area is 169 Å². The van der Waals surface area contributed by atoms with Crippen molar-refractivity contribution in [2.45, 2.75) is 20.8 Å². The van der Waals surface area contributed by atoms with Crippen LogP contribution in [-0.2, 0) is 4.74 Å². The molecule has 2 aromatic heterocycles. The standard InChI is InChI=1S/C19H16ClFN2O4S/c1-4-26-19(25)17-9(2)8-13(28-17)22-18(24)14-10(3)27-23-16(14)15-11(20)6-5-7-12(15)21/h5-8H,4H2,1-3H3,(H,22,24). The third kappa shape index (κ3) is 3.79. The number of aryl methyl sites for hydroxylation is 2. The third-order valence-electron chi connectivity index (χ3n) is 3.90. The molecule has 0 saturated carbocycles. The van der Waals surface area contributed by atoms with Gasteiger partial charge in [0.1, 0.15) is 27.7 Å². The van der Waals surface area contributed by atoms with Crippen molar-refractivity contribution < 1.29 is 23.2 Å². The lowest BCUT2D eigenvalue weighted by Crippen LogP contribution is -2.13. The largest absolute Gasteiger partial charge is 0.462 e. The molecule has 0 fully saturated rings. The molecule has 0 spiro atoms. The van der Waals surface area contributed by atoms with Gasteiger partial charge in [-0.2, -0.15) is 0 Å². The zero-order valence-electron chi connectivity index (χ0n) is 15.3. The normalized spacial score (nSPS) is 10.8. The van der Waals surface area contributed by atoms with E-state index >= 15 is 0 Å². The number of rotatable bonds is 5. The van der Waals surface area contributed by atoms with E-state index in [1.54, 1.807) is 26.8 Å². The van der Waals surface area contributed by atoms with Crippen LogP contribution in [0.3, 0.4) is 0 Å². The maximum Gasteiger partial charge on any atom is 0.348 e. The average Bonchev–Trinajstić information content (AvgIpc) is 3.18. The number of hydrogen-bond donors (Lipinski definition) is 1. The summed E-state index contributed by atoms with van der Waals surface area (Å²) in [6.45, 7) is 5.26. The molecule has 0 aliphatic heterocycles. The quantitative estimate of drug-likeness (QED) is 0.568. The highest BCUT2D eigenvalue weighted by Gasteiger charge is 2.26. The van der Waals surface area contributed by atoms with Gasteiger partial charge in [0.05, 0.1) is 22.2 Å². The van der Waals surface area contributed by atoms with Crippen LogP contribution in [0.25, 0.3) is 11.3 Å². The topological polar surface area (TPSA) is 81.4 Å². The van der Waals surface area contributed by atoms with Crippen molar-refractivity contribution in [1.29, 1.82) is 0 Å². The number of hydrogen-bond acceptors (Lipinski definition) is 6. The molecule has 3 rings (SSSR count). The van der Waals surface area contributed by atoms with E-state index in [0.29, 0.717) is 15.4 Å². The van der Waals surface area contributed by atoms with Crippen molar-refractivity contribution in [2.24, 2.45) is 0 Å². The number of carbonyl (C=O) groups is 2. The molecule has 146 valence electrons. The van der Waals surface area contributed by atoms with Crippen molar-refractivity contribution in [3.63, 3.8) is 0 Å². The summed E-state index contributed by atoms with van der Waals surface area (Å²) in [5.74, 6) is -1.41. The number of esters is 1. The summed E-state index contributed by atoms with van der Waals surface area (Å²) >= 11 is 7.19. The summed E-state index contributed by atoms with van der Waals surface area (Å²) in [6, 6.07) is 5.84. The molecule has 0 atom stereocenters. The van der Waals surface area contributed by atoms with Crippen LogP contribution in [0.5, 0.6) is 0 Å². The number of amides is 1. The fourth-order valence-corrected chi connectivity index (χ4v) is 3.87. The van der Waals surface area contributed by atoms with Crippen LogP contribution in [0.4, 0.5) is 9.39 Å². The first-order valence-electron chi connectivity index (χ1n) is 8.33. The van der Waals surface area contributed by atoms with Crippen molar-refractivity contribution in [3.8, 4) is 11.3 Å². The SMILES string of the molecule is CCOC(=O)c1sc(NC(=O)c2c(-c3c(F)cccc3Cl)noc2C)cc1C. The van der Waals surface area contributed by atoms with Gasteiger partial charge in [-0.25, -0.2) is 9.18 Å². The molecule has 1 amide bonds. The number of anilines is 1. The minimum atomic E-state index is -0.619. The van der Waals surface area contributed by atoms with E-state index in [0.717, 1.165) is 11.3 Å². The first-order valence-corrected chi connectivity index (χ1v) is 9.52. The van der Waals surface area contributed by atoms with E-state index in [2.05, 4.69) is 10.5 Å². The monoisotopic (exact) mass is 422 g/mol. The number of benzene rings is 1. The van der Waals surface area contributed by atoms with Gasteiger partial charge < -0.3 is 14.6 Å². The molecule has 0 unspecified atom stereocenters. The van der Waals surface area contributed by atoms with Gasteiger partial charge >= 0.3 is 5.97 Å². The number of nitrogens with one attached hydrogen (secondary N) is 1. The van der Waals surface area contributed by atoms with Crippen LogP contribution in [0.15, 0.2) is 28.8 Å². The van der Waals surface area contributed by atoms with Gasteiger partial charge in [0, 0.05) is 0 Å². The van der Waals surface area contributed by atoms with Crippen molar-refractivity contribution in [1.82, 2.24) is 5.16 Å². The number of aromatic nitrogens is 1. The molecule has 3 aromatic rings. The van der Waals surface area contributed by atoms with E-state index in [4.69, 9.17) is 20.9 Å². The summed E-state index contributed by atoms with van der Waals surface area (Å²) in [5.41, 5.74) is 0.742. The molecule has 28 heavy (non-hydrogen) atoms. The second-order valence-corrected chi connectivity index (χ2v) is 7.32. The molecular formula is C19H16ClFN2O4S. The van der Waals surface area contributed by atoms with E-state index < -0.39 is 17.7 Å². The number of halogens is 2. The van der Waals surface area contributed by atoms with E-state index in [9.17, 15) is 14.0 Å². The molecule has 1 aromatic carbocycles. The summed E-state index contributed by atoms with van der Waals surface area (Å²) < 4.78 is 24.4. The van der Waals surface area contributed by atoms with Crippen molar-refractivity contribution >= 4 is 39.8 Å². The number of carbonyl (C=O) groups excluding carboxylic acids is 2. The minimum absolute atomic E-state index is 0.0111. The Kier molecular flexibility index (Phi) is 5.81. The summed E-state index contributed by atoms with van der Waals surface area (Å²) in [5, 5.41) is 7.06. The van der Waals surface area contributed by atoms with Gasteiger partial charge in [-0.3, -0.25) is 4.79 Å². The Morgan fingerprint density at radius 1 is 1.36 bits per heavy atom. The van der Waals surface area contributed by atoms with Gasteiger partial charge in [0.25, 0.3) is 5.91 Å². The lowest BCUT2D eigenvalue weighted by Gasteiger charge is -2.06. The maximum atomic E-state index is 14.3. The maximum absolute atomic E-state index is 14.3. The molecule has 9 heteroatoms. The van der Waals surface area contributed by atoms with Crippen LogP contribution in [0.1, 0.15) is 38.3 Å². The van der Waals surface area contributed by atoms with Crippen molar-refractivity contribution in [2.75, 3.05) is 11.9 Å². The smallest absolute Gasteiger partial charge is 0.348 e. The Balaban J connectivity index is 1.94. The lowest BCUT2D eigenvalue weighted by molar-refractivity contribution is 0.0531. The Bertz CT molecular complexity index is 1040. The molecule has 1 N–H and O–H groups in total. The van der Waals surface area contributed by atoms with Gasteiger partial charge in [-0.15, -0.1) is 11.3 Å². The Morgan fingerprint density at radius 3 is 2.79 bits per heavy atom. The highest BCUT2D eigenvalue weighted by atomic mass is 35.5. The van der Waals surface area contributed by atoms with E-state index in [-0.39, 0.29) is 34.2 Å². The van der Waals surface area contributed by atoms with Gasteiger partial charge in [0.2, 0.25) is 0 Å². The fraction of sp³-hybridized carbons (Fsp3) is 0.211. The molecule has 0 saturated heterocycles. The van der Waals surface area contributed by atoms with Gasteiger partial charge in [-0.1, -0.05) is 22.8 Å². The predicted molar refractivity (Wildman–Crippen MR) is 105 cm³/mol. The Morgan fingerprint density at radius 2 is 2.11 bits per heavy atom. The molecule has 2 heterocycles. The first kappa shape index (κ1) is 20.0. The molecule has 6 nitrogen and oxygen atoms in total. The second kappa shape index (κ2) is 8.12. The predicted octanol–water partition coefficient (Wildman–Crippen LogP) is 5.24. The zero-order chi connectivity index (χ0) is 20.4. The van der Waals surface area contributed by atoms with Crippen LogP contribution >= 0.6 is 22.9 Å². The van der Waals surface area contributed by atoms with E-state index in [1.165, 1.54) is 18.2 Å². The number of thiophene rings is 1. The van der Waals surface area contributed by atoms with Crippen LogP contribution in [0, 0.1) is 19.7 Å². The van der Waals surface area contributed by atoms with Crippen LogP contribution in [-0.4, -0.2) is 23.6 Å². The van der Waals surface area contributed by atoms with Crippen LogP contribution < -0.4 is 5.32 Å².